The van der Waals surface area contributed by atoms with Crippen molar-refractivity contribution in [3.8, 4) is 46.0 Å². The second-order valence-corrected chi connectivity index (χ2v) is 31.8. The highest BCUT2D eigenvalue weighted by Gasteiger charge is 2.28. The summed E-state index contributed by atoms with van der Waals surface area (Å²) in [7, 11) is 0. The first-order chi connectivity index (χ1) is 56.6. The molecule has 0 saturated carbocycles. The van der Waals surface area contributed by atoms with Gasteiger partial charge in [-0.2, -0.15) is 0 Å². The first-order valence-corrected chi connectivity index (χ1v) is 44.0. The van der Waals surface area contributed by atoms with E-state index in [-0.39, 0.29) is 48.7 Å². The van der Waals surface area contributed by atoms with Crippen LogP contribution in [0, 0.1) is 27.7 Å². The number of aryl methyl sites for hydroxylation is 4. The number of benzene rings is 8. The number of unbranched alkanes of at least 4 members (excludes halogenated alkanes) is 28. The molecule has 4 amide bonds. The third-order valence-electron chi connectivity index (χ3n) is 21.4. The molecule has 9 rings (SSSR count). The molecule has 8 aromatic rings. The predicted octanol–water partition coefficient (Wildman–Crippen LogP) is 28.1. The van der Waals surface area contributed by atoms with Gasteiger partial charge in [0.1, 0.15) is 46.0 Å². The van der Waals surface area contributed by atoms with Crippen molar-refractivity contribution in [1.82, 2.24) is 0 Å². The van der Waals surface area contributed by atoms with Crippen molar-refractivity contribution in [1.29, 1.82) is 0 Å². The first kappa shape index (κ1) is 90.0. The van der Waals surface area contributed by atoms with Crippen LogP contribution in [0.5, 0.6) is 46.0 Å². The van der Waals surface area contributed by atoms with Gasteiger partial charge in [-0.15, -0.1) is 0 Å². The molecule has 8 bridgehead atoms. The van der Waals surface area contributed by atoms with Gasteiger partial charge in [-0.25, -0.2) is 19.2 Å². The molecule has 1 aliphatic rings. The Kier molecular flexibility index (Phi) is 39.2. The maximum absolute atomic E-state index is 14.6. The van der Waals surface area contributed by atoms with Gasteiger partial charge < -0.3 is 37.9 Å². The number of hydrogen-bond donors (Lipinski definition) is 4. The van der Waals surface area contributed by atoms with Gasteiger partial charge in [-0.05, 0) is 150 Å². The van der Waals surface area contributed by atoms with E-state index in [1.165, 1.54) is 103 Å². The zero-order valence-corrected chi connectivity index (χ0v) is 71.0. The van der Waals surface area contributed by atoms with Crippen LogP contribution in [0.3, 0.4) is 0 Å². The maximum Gasteiger partial charge on any atom is 0.417 e. The molecule has 624 valence electrons. The number of ether oxygens (including phenoxy) is 8. The maximum atomic E-state index is 14.6. The van der Waals surface area contributed by atoms with E-state index in [0.29, 0.717) is 117 Å². The van der Waals surface area contributed by atoms with Gasteiger partial charge in [0.2, 0.25) is 0 Å². The third-order valence-corrected chi connectivity index (χ3v) is 21.4. The largest absolute Gasteiger partial charge is 0.493 e. The van der Waals surface area contributed by atoms with Crippen LogP contribution < -0.4 is 59.2 Å². The van der Waals surface area contributed by atoms with E-state index < -0.39 is 24.4 Å². The molecule has 0 fully saturated rings. The zero-order chi connectivity index (χ0) is 81.9. The summed E-state index contributed by atoms with van der Waals surface area (Å²) >= 11 is 0. The van der Waals surface area contributed by atoms with Gasteiger partial charge in [-0.1, -0.05) is 278 Å². The number of carbonyl (C=O) groups excluding carboxylic acids is 4. The average Bonchev–Trinajstić information content (AvgIpc) is 0.770. The van der Waals surface area contributed by atoms with Crippen molar-refractivity contribution in [2.45, 2.75) is 287 Å². The number of rotatable bonds is 48. The van der Waals surface area contributed by atoms with Crippen LogP contribution in [0.2, 0.25) is 0 Å². The topological polar surface area (TPSA) is 190 Å². The first-order valence-electron chi connectivity index (χ1n) is 44.0. The number of fused-ring (bicyclic) bond motifs is 8. The number of nitrogens with one attached hydrogen (secondary N) is 4. The molecule has 16 heteroatoms. The lowest BCUT2D eigenvalue weighted by atomic mass is 9.90. The van der Waals surface area contributed by atoms with Crippen molar-refractivity contribution in [3.63, 3.8) is 0 Å². The fourth-order valence-corrected chi connectivity index (χ4v) is 14.9. The van der Waals surface area contributed by atoms with E-state index in [0.717, 1.165) is 125 Å². The highest BCUT2D eigenvalue weighted by atomic mass is 16.6. The molecule has 0 aliphatic heterocycles. The van der Waals surface area contributed by atoms with Crippen LogP contribution in [-0.2, 0) is 25.7 Å². The van der Waals surface area contributed by atoms with Gasteiger partial charge in [0.15, 0.2) is 0 Å². The zero-order valence-electron chi connectivity index (χ0n) is 71.0. The Bertz CT molecular complexity index is 3650. The average molecular weight is 1580 g/mol. The summed E-state index contributed by atoms with van der Waals surface area (Å²) in [5, 5.41) is 11.9. The fourth-order valence-electron chi connectivity index (χ4n) is 14.9. The van der Waals surface area contributed by atoms with Crippen LogP contribution in [0.4, 0.5) is 41.9 Å². The molecule has 1 aliphatic carbocycles. The van der Waals surface area contributed by atoms with Crippen LogP contribution in [0.1, 0.15) is 300 Å². The Labute approximate surface area is 693 Å². The van der Waals surface area contributed by atoms with E-state index in [4.69, 9.17) is 37.9 Å². The summed E-state index contributed by atoms with van der Waals surface area (Å²) in [4.78, 5) is 58.2. The van der Waals surface area contributed by atoms with E-state index in [1.54, 1.807) is 0 Å². The molecule has 0 radical (unpaired) electrons. The molecule has 0 spiro atoms. The summed E-state index contributed by atoms with van der Waals surface area (Å²) in [6.45, 7) is 18.4. The fraction of sp³-hybridized carbons (Fsp3) is 0.480. The molecular weight excluding hydrogens is 1450 g/mol. The van der Waals surface area contributed by atoms with Crippen LogP contribution in [0.15, 0.2) is 146 Å². The van der Waals surface area contributed by atoms with Gasteiger partial charge in [-0.3, -0.25) is 21.3 Å². The monoisotopic (exact) mass is 1580 g/mol. The minimum atomic E-state index is -0.698. The number of carbonyl (C=O) groups is 4. The van der Waals surface area contributed by atoms with Crippen LogP contribution in [-0.4, -0.2) is 50.8 Å². The van der Waals surface area contributed by atoms with E-state index in [9.17, 15) is 19.2 Å². The molecule has 0 saturated heterocycles. The lowest BCUT2D eigenvalue weighted by molar-refractivity contribution is 0.214. The molecule has 0 atom stereocenters. The molecule has 116 heavy (non-hydrogen) atoms. The van der Waals surface area contributed by atoms with Crippen LogP contribution >= 0.6 is 0 Å². The predicted molar refractivity (Wildman–Crippen MR) is 473 cm³/mol. The highest BCUT2D eigenvalue weighted by Crippen LogP contribution is 2.45. The van der Waals surface area contributed by atoms with Crippen molar-refractivity contribution in [3.05, 3.63) is 212 Å². The van der Waals surface area contributed by atoms with Crippen molar-refractivity contribution in [2.24, 2.45) is 0 Å². The third kappa shape index (κ3) is 31.9. The molecular formula is C100H132N4O12. The molecule has 8 aromatic carbocycles. The Hall–Kier alpha value is -9.96. The molecule has 0 aromatic heterocycles. The minimum absolute atomic E-state index is 0.123. The van der Waals surface area contributed by atoms with Gasteiger partial charge in [0, 0.05) is 92.9 Å². The molecule has 16 nitrogen and oxygen atoms in total. The highest BCUT2D eigenvalue weighted by molar-refractivity contribution is 5.89. The summed E-state index contributed by atoms with van der Waals surface area (Å²) in [6.07, 6.45) is 32.7. The number of hydrogen-bond acceptors (Lipinski definition) is 12. The summed E-state index contributed by atoms with van der Waals surface area (Å²) < 4.78 is 55.3. The van der Waals surface area contributed by atoms with Gasteiger partial charge >= 0.3 is 24.4 Å². The Morgan fingerprint density at radius 3 is 0.552 bits per heavy atom. The van der Waals surface area contributed by atoms with Crippen molar-refractivity contribution < 1.29 is 57.1 Å². The Morgan fingerprint density at radius 2 is 0.388 bits per heavy atom. The van der Waals surface area contributed by atoms with Gasteiger partial charge in [0.25, 0.3) is 0 Å². The van der Waals surface area contributed by atoms with Crippen molar-refractivity contribution in [2.75, 3.05) is 47.7 Å². The van der Waals surface area contributed by atoms with Crippen molar-refractivity contribution >= 4 is 47.1 Å². The SMILES string of the molecule is CCCCCCCCCCOc1c2cc(OC(=O)Nc3ccc(C)cc3)cc1Cc1cc(OC(=O)Nc3ccc(C)cc3)cc(c1OCCCCCCCCCC)Cc1cc(OC(=O)Nc3ccc(C)cc3)cc(c1OCCCCCCCCCC)Cc1cc(OC(=O)Nc3ccc(C)cc3)cc(c1OCCCCCCCCCC)C2. The Morgan fingerprint density at radius 1 is 0.233 bits per heavy atom. The second-order valence-electron chi connectivity index (χ2n) is 31.8. The molecule has 4 N–H and O–H groups in total. The molecule has 0 heterocycles. The second kappa shape index (κ2) is 50.5. The smallest absolute Gasteiger partial charge is 0.417 e. The number of anilines is 4. The summed E-state index contributed by atoms with van der Waals surface area (Å²) in [5.41, 5.74) is 11.7. The van der Waals surface area contributed by atoms with Gasteiger partial charge in [0.05, 0.1) is 26.4 Å². The minimum Gasteiger partial charge on any atom is -0.493 e. The van der Waals surface area contributed by atoms with E-state index in [2.05, 4.69) is 49.0 Å². The van der Waals surface area contributed by atoms with E-state index >= 15 is 0 Å². The Balaban J connectivity index is 1.30. The lowest BCUT2D eigenvalue weighted by Crippen LogP contribution is -2.18. The summed E-state index contributed by atoms with van der Waals surface area (Å²) in [6, 6.07) is 45.2. The van der Waals surface area contributed by atoms with E-state index in [1.807, 2.05) is 173 Å². The number of amides is 4. The lowest BCUT2D eigenvalue weighted by Gasteiger charge is -2.25. The standard InChI is InChI=1S/C100H132N4O12/c1-9-13-17-21-25-29-33-37-57-109-93-77-61-79-67-90(114-98(106)102-86-51-43-74(6)44-52-86)69-81(94(79)110-58-38-34-30-26-22-18-14-10-2)63-83-71-92(116-100(108)104-88-55-47-76(8)48-56-88)72-84(96(83)112-60-40-36-32-28-24-20-16-12-4)64-82-70-91(115-99(107)103-87-53-45-75(7)46-54-87)68-80(95(82)111-59-39-35-31-27-23-19-15-11-3)62-78(93)66-89(65-77)113-97(105)101-85-49-41-73(5)42-50-85/h41-56,65-72H,9-40,57-64H2,1-8H3,(H,101,105)(H,102,106)(H,103,107)(H,104,108). The quantitative estimate of drug-likeness (QED) is 0.0264. The summed E-state index contributed by atoms with van der Waals surface area (Å²) in [5.74, 6) is 3.23. The normalized spacial score (nSPS) is 11.7. The molecule has 0 unspecified atom stereocenters. The van der Waals surface area contributed by atoms with Crippen LogP contribution in [0.25, 0.3) is 0 Å².